The summed E-state index contributed by atoms with van der Waals surface area (Å²) in [4.78, 5) is 26.3. The van der Waals surface area contributed by atoms with Crippen LogP contribution in [0.4, 0.5) is 0 Å². The Kier molecular flexibility index (Phi) is 5.59. The smallest absolute Gasteiger partial charge is 0.338 e. The first-order valence-electron chi connectivity index (χ1n) is 12.4. The molecule has 3 aliphatic rings. The number of benzene rings is 2. The second-order valence-electron chi connectivity index (χ2n) is 11.0. The van der Waals surface area contributed by atoms with E-state index in [-0.39, 0.29) is 29.4 Å². The van der Waals surface area contributed by atoms with Crippen LogP contribution in [0.2, 0.25) is 0 Å². The summed E-state index contributed by atoms with van der Waals surface area (Å²) in [6.45, 7) is 8.63. The zero-order chi connectivity index (χ0) is 24.1. The summed E-state index contributed by atoms with van der Waals surface area (Å²) in [6, 6.07) is 18.2. The van der Waals surface area contributed by atoms with Crippen molar-refractivity contribution >= 4 is 11.9 Å². The Labute approximate surface area is 201 Å². The molecule has 2 aromatic rings. The minimum absolute atomic E-state index is 0.256. The van der Waals surface area contributed by atoms with E-state index >= 15 is 0 Å². The Bertz CT molecular complexity index is 1060. The van der Waals surface area contributed by atoms with E-state index in [9.17, 15) is 9.59 Å². The van der Waals surface area contributed by atoms with E-state index in [1.807, 2.05) is 36.4 Å². The topological polar surface area (TPSA) is 61.8 Å². The molecule has 5 heteroatoms. The zero-order valence-electron chi connectivity index (χ0n) is 20.5. The molecule has 5 nitrogen and oxygen atoms in total. The summed E-state index contributed by atoms with van der Waals surface area (Å²) in [5.74, 6) is -0.164. The molecule has 0 unspecified atom stereocenters. The molecule has 2 aromatic carbocycles. The van der Waals surface area contributed by atoms with Gasteiger partial charge in [-0.25, -0.2) is 9.59 Å². The summed E-state index contributed by atoms with van der Waals surface area (Å²) in [5, 5.41) is 0. The molecule has 5 rings (SSSR count). The third-order valence-electron chi connectivity index (χ3n) is 8.90. The van der Waals surface area contributed by atoms with Gasteiger partial charge in [-0.05, 0) is 82.6 Å². The summed E-state index contributed by atoms with van der Waals surface area (Å²) in [5.41, 5.74) is -0.475. The summed E-state index contributed by atoms with van der Waals surface area (Å²) in [6.07, 6.45) is 2.35. The fraction of sp³-hybridized carbons (Fsp3) is 0.517. The lowest BCUT2D eigenvalue weighted by Gasteiger charge is -2.60. The van der Waals surface area contributed by atoms with Crippen molar-refractivity contribution in [1.29, 1.82) is 0 Å². The highest BCUT2D eigenvalue weighted by atomic mass is 16.6. The molecule has 180 valence electrons. The van der Waals surface area contributed by atoms with Gasteiger partial charge in [-0.3, -0.25) is 0 Å². The van der Waals surface area contributed by atoms with E-state index in [0.717, 1.165) is 12.8 Å². The first kappa shape index (κ1) is 23.1. The highest BCUT2D eigenvalue weighted by Gasteiger charge is 2.73. The normalized spacial score (nSPS) is 35.8. The van der Waals surface area contributed by atoms with Gasteiger partial charge in [-0.2, -0.15) is 0 Å². The Morgan fingerprint density at radius 3 is 1.91 bits per heavy atom. The van der Waals surface area contributed by atoms with Crippen molar-refractivity contribution in [3.8, 4) is 0 Å². The van der Waals surface area contributed by atoms with Crippen LogP contribution in [0.3, 0.4) is 0 Å². The van der Waals surface area contributed by atoms with Crippen LogP contribution in [-0.4, -0.2) is 35.3 Å². The standard InChI is InChI=1S/C29H34O5/c1-19-15-16-23(32-25(30)20-11-7-5-8-12-20)28(4)24(33-26(31)21-13-9-6-10-14-21)17-22-18-29(19,28)34-27(22,2)3/h5-14,19,22-24H,15-18H2,1-4H3/t19-,22-,23+,24+,28+,29+/m1/s1. The molecule has 2 bridgehead atoms. The van der Waals surface area contributed by atoms with Crippen LogP contribution in [0, 0.1) is 17.3 Å². The minimum atomic E-state index is -0.663. The molecule has 34 heavy (non-hydrogen) atoms. The molecule has 0 radical (unpaired) electrons. The van der Waals surface area contributed by atoms with Gasteiger partial charge in [0, 0.05) is 0 Å². The van der Waals surface area contributed by atoms with Gasteiger partial charge in [0.1, 0.15) is 12.2 Å². The number of rotatable bonds is 4. The van der Waals surface area contributed by atoms with Gasteiger partial charge in [-0.15, -0.1) is 0 Å². The van der Waals surface area contributed by atoms with Crippen molar-refractivity contribution in [1.82, 2.24) is 0 Å². The number of carbonyl (C=O) groups is 2. The number of fused-ring (bicyclic) bond motifs is 1. The van der Waals surface area contributed by atoms with E-state index in [0.29, 0.717) is 24.0 Å². The molecule has 2 aliphatic carbocycles. The fourth-order valence-electron chi connectivity index (χ4n) is 6.82. The number of hydrogen-bond donors (Lipinski definition) is 0. The van der Waals surface area contributed by atoms with Gasteiger partial charge >= 0.3 is 11.9 Å². The molecule has 0 aromatic heterocycles. The van der Waals surface area contributed by atoms with Gasteiger partial charge in [-0.1, -0.05) is 43.3 Å². The van der Waals surface area contributed by atoms with Crippen molar-refractivity contribution in [3.05, 3.63) is 71.8 Å². The lowest BCUT2D eigenvalue weighted by atomic mass is 9.50. The van der Waals surface area contributed by atoms with E-state index in [4.69, 9.17) is 14.2 Å². The van der Waals surface area contributed by atoms with E-state index in [1.54, 1.807) is 24.3 Å². The summed E-state index contributed by atoms with van der Waals surface area (Å²) in [7, 11) is 0. The van der Waals surface area contributed by atoms with Crippen molar-refractivity contribution in [3.63, 3.8) is 0 Å². The maximum atomic E-state index is 13.2. The molecular formula is C29H34O5. The summed E-state index contributed by atoms with van der Waals surface area (Å²) >= 11 is 0. The third-order valence-corrected chi connectivity index (χ3v) is 8.90. The van der Waals surface area contributed by atoms with Crippen LogP contribution >= 0.6 is 0 Å². The van der Waals surface area contributed by atoms with Crippen LogP contribution in [0.25, 0.3) is 0 Å². The average molecular weight is 463 g/mol. The largest absolute Gasteiger partial charge is 0.458 e. The molecule has 1 spiro atoms. The quantitative estimate of drug-likeness (QED) is 0.535. The van der Waals surface area contributed by atoms with Crippen LogP contribution in [0.5, 0.6) is 0 Å². The Hall–Kier alpha value is -2.66. The van der Waals surface area contributed by atoms with Crippen molar-refractivity contribution in [2.24, 2.45) is 17.3 Å². The zero-order valence-corrected chi connectivity index (χ0v) is 20.5. The van der Waals surface area contributed by atoms with Gasteiger partial charge in [0.05, 0.1) is 27.7 Å². The Morgan fingerprint density at radius 1 is 0.824 bits per heavy atom. The number of esters is 2. The van der Waals surface area contributed by atoms with E-state index < -0.39 is 23.2 Å². The molecular weight excluding hydrogens is 428 g/mol. The monoisotopic (exact) mass is 462 g/mol. The molecule has 6 atom stereocenters. The second kappa shape index (κ2) is 8.23. The molecule has 1 heterocycles. The molecule has 1 aliphatic heterocycles. The highest BCUT2D eigenvalue weighted by Crippen LogP contribution is 2.66. The first-order valence-corrected chi connectivity index (χ1v) is 12.4. The van der Waals surface area contributed by atoms with Crippen molar-refractivity contribution in [2.45, 2.75) is 76.8 Å². The lowest BCUT2D eigenvalue weighted by Crippen LogP contribution is -2.67. The third kappa shape index (κ3) is 3.48. The maximum Gasteiger partial charge on any atom is 0.338 e. The van der Waals surface area contributed by atoms with E-state index in [1.165, 1.54) is 0 Å². The lowest BCUT2D eigenvalue weighted by molar-refractivity contribution is -0.253. The van der Waals surface area contributed by atoms with Gasteiger partial charge in [0.15, 0.2) is 0 Å². The van der Waals surface area contributed by atoms with Crippen LogP contribution in [0.1, 0.15) is 74.1 Å². The number of hydrogen-bond acceptors (Lipinski definition) is 5. The maximum absolute atomic E-state index is 13.2. The predicted octanol–water partition coefficient (Wildman–Crippen LogP) is 5.83. The summed E-state index contributed by atoms with van der Waals surface area (Å²) < 4.78 is 19.4. The number of ether oxygens (including phenoxy) is 3. The predicted molar refractivity (Wildman–Crippen MR) is 128 cm³/mol. The Balaban J connectivity index is 1.53. The van der Waals surface area contributed by atoms with Crippen molar-refractivity contribution in [2.75, 3.05) is 0 Å². The first-order chi connectivity index (χ1) is 16.2. The van der Waals surface area contributed by atoms with Gasteiger partial charge < -0.3 is 14.2 Å². The van der Waals surface area contributed by atoms with Crippen LogP contribution in [-0.2, 0) is 14.2 Å². The van der Waals surface area contributed by atoms with Gasteiger partial charge in [0.2, 0.25) is 0 Å². The molecule has 1 saturated heterocycles. The molecule has 2 saturated carbocycles. The van der Waals surface area contributed by atoms with Crippen LogP contribution in [0.15, 0.2) is 60.7 Å². The molecule has 0 amide bonds. The molecule has 3 fully saturated rings. The van der Waals surface area contributed by atoms with Gasteiger partial charge in [0.25, 0.3) is 0 Å². The fourth-order valence-corrected chi connectivity index (χ4v) is 6.82. The van der Waals surface area contributed by atoms with Crippen LogP contribution < -0.4 is 0 Å². The van der Waals surface area contributed by atoms with E-state index in [2.05, 4.69) is 27.7 Å². The van der Waals surface area contributed by atoms with Crippen molar-refractivity contribution < 1.29 is 23.8 Å². The molecule has 0 N–H and O–H groups in total. The number of carbonyl (C=O) groups excluding carboxylic acids is 2. The Morgan fingerprint density at radius 2 is 1.35 bits per heavy atom. The average Bonchev–Trinajstić information content (AvgIpc) is 3.08. The minimum Gasteiger partial charge on any atom is -0.458 e. The SMILES string of the molecule is C[C@@H]1CC[C@H](OC(=O)c2ccccc2)[C@@]2(C)[C@@H](OC(=O)c3ccccc3)C[C@@H]3C[C@]12OC3(C)C. The second-order valence-corrected chi connectivity index (χ2v) is 11.0. The highest BCUT2D eigenvalue weighted by molar-refractivity contribution is 5.90.